The van der Waals surface area contributed by atoms with Crippen molar-refractivity contribution >= 4 is 12.1 Å². The molecule has 1 aliphatic heterocycles. The van der Waals surface area contributed by atoms with E-state index in [9.17, 15) is 4.79 Å². The van der Waals surface area contributed by atoms with Gasteiger partial charge in [0.05, 0.1) is 6.04 Å². The Hall–Kier alpha value is -1.46. The highest BCUT2D eigenvalue weighted by molar-refractivity contribution is 5.80. The maximum Gasteiger partial charge on any atom is 0.407 e. The first-order chi connectivity index (χ1) is 11.8. The Labute approximate surface area is 151 Å². The van der Waals surface area contributed by atoms with Gasteiger partial charge in [-0.2, -0.15) is 0 Å². The van der Waals surface area contributed by atoms with E-state index >= 15 is 0 Å². The van der Waals surface area contributed by atoms with E-state index in [2.05, 4.69) is 20.5 Å². The van der Waals surface area contributed by atoms with Gasteiger partial charge in [0.15, 0.2) is 5.96 Å². The number of carbonyl (C=O) groups excluding carboxylic acids is 1. The fourth-order valence-electron chi connectivity index (χ4n) is 4.19. The molecule has 2 saturated carbocycles. The van der Waals surface area contributed by atoms with Crippen molar-refractivity contribution in [3.8, 4) is 0 Å². The van der Waals surface area contributed by atoms with E-state index in [0.29, 0.717) is 5.41 Å². The second kappa shape index (κ2) is 7.04. The second-order valence-electron chi connectivity index (χ2n) is 8.97. The third-order valence-corrected chi connectivity index (χ3v) is 5.81. The van der Waals surface area contributed by atoms with Gasteiger partial charge in [-0.3, -0.25) is 4.99 Å². The minimum absolute atomic E-state index is 0.120. The number of carbonyl (C=O) groups is 1. The van der Waals surface area contributed by atoms with Crippen molar-refractivity contribution in [2.24, 2.45) is 16.3 Å². The van der Waals surface area contributed by atoms with Crippen LogP contribution < -0.4 is 10.6 Å². The third-order valence-electron chi connectivity index (χ3n) is 5.81. The van der Waals surface area contributed by atoms with Crippen molar-refractivity contribution in [1.82, 2.24) is 15.5 Å². The molecule has 1 atom stereocenters. The molecule has 0 unspecified atom stereocenters. The maximum atomic E-state index is 11.9. The predicted octanol–water partition coefficient (Wildman–Crippen LogP) is 2.74. The average molecular weight is 351 g/mol. The number of likely N-dealkylation sites (tertiary alicyclic amines) is 1. The first kappa shape index (κ1) is 18.3. The number of nitrogens with zero attached hydrogens (tertiary/aromatic N) is 2. The molecule has 2 aliphatic carbocycles. The number of hydrogen-bond donors (Lipinski definition) is 2. The first-order valence-electron chi connectivity index (χ1n) is 9.76. The minimum atomic E-state index is -0.458. The lowest BCUT2D eigenvalue weighted by molar-refractivity contribution is 0.0507. The van der Waals surface area contributed by atoms with Crippen LogP contribution in [0.25, 0.3) is 0 Å². The Kier molecular flexibility index (Phi) is 5.16. The van der Waals surface area contributed by atoms with Crippen LogP contribution in [0, 0.1) is 11.3 Å². The summed E-state index contributed by atoms with van der Waals surface area (Å²) >= 11 is 0. The van der Waals surface area contributed by atoms with E-state index in [1.807, 2.05) is 27.8 Å². The highest BCUT2D eigenvalue weighted by Crippen LogP contribution is 2.56. The Balaban J connectivity index is 1.46. The molecule has 0 bridgehead atoms. The highest BCUT2D eigenvalue weighted by atomic mass is 16.6. The lowest BCUT2D eigenvalue weighted by Crippen LogP contribution is -2.49. The van der Waals surface area contributed by atoms with Gasteiger partial charge in [0.1, 0.15) is 5.60 Å². The topological polar surface area (TPSA) is 66.0 Å². The standard InChI is InChI=1S/C19H34N4O2/c1-18(2,3)25-17(24)22-15-8-11-23(12-15)16(20-4)21-13-19(9-5-10-19)14-6-7-14/h14-15H,5-13H2,1-4H3,(H,20,21)(H,22,24)/t15-/m1/s1. The summed E-state index contributed by atoms with van der Waals surface area (Å²) in [5, 5.41) is 6.60. The number of hydrogen-bond acceptors (Lipinski definition) is 3. The second-order valence-corrected chi connectivity index (χ2v) is 8.97. The van der Waals surface area contributed by atoms with E-state index in [0.717, 1.165) is 37.9 Å². The molecule has 2 N–H and O–H groups in total. The van der Waals surface area contributed by atoms with Gasteiger partial charge >= 0.3 is 6.09 Å². The molecule has 3 aliphatic rings. The van der Waals surface area contributed by atoms with E-state index in [1.165, 1.54) is 32.1 Å². The maximum absolute atomic E-state index is 11.9. The normalized spacial score (nSPS) is 26.2. The fourth-order valence-corrected chi connectivity index (χ4v) is 4.19. The summed E-state index contributed by atoms with van der Waals surface area (Å²) < 4.78 is 5.35. The molecule has 1 saturated heterocycles. The molecule has 3 rings (SSSR count). The molecule has 0 aromatic carbocycles. The van der Waals surface area contributed by atoms with Crippen LogP contribution in [0.3, 0.4) is 0 Å². The van der Waals surface area contributed by atoms with Gasteiger partial charge in [-0.05, 0) is 64.2 Å². The average Bonchev–Trinajstić information content (AvgIpc) is 3.21. The molecule has 6 nitrogen and oxygen atoms in total. The zero-order chi connectivity index (χ0) is 18.1. The first-order valence-corrected chi connectivity index (χ1v) is 9.76. The monoisotopic (exact) mass is 350 g/mol. The summed E-state index contributed by atoms with van der Waals surface area (Å²) in [5.41, 5.74) is 0.0731. The van der Waals surface area contributed by atoms with E-state index in [1.54, 1.807) is 0 Å². The van der Waals surface area contributed by atoms with E-state index in [-0.39, 0.29) is 12.1 Å². The number of rotatable bonds is 4. The van der Waals surface area contributed by atoms with Gasteiger partial charge in [-0.1, -0.05) is 6.42 Å². The molecule has 6 heteroatoms. The Morgan fingerprint density at radius 3 is 2.52 bits per heavy atom. The minimum Gasteiger partial charge on any atom is -0.444 e. The zero-order valence-corrected chi connectivity index (χ0v) is 16.2. The Bertz CT molecular complexity index is 518. The summed E-state index contributed by atoms with van der Waals surface area (Å²) in [6.07, 6.45) is 7.52. The summed E-state index contributed by atoms with van der Waals surface area (Å²) in [6.45, 7) is 8.40. The third kappa shape index (κ3) is 4.59. The molecular weight excluding hydrogens is 316 g/mol. The van der Waals surface area contributed by atoms with Crippen molar-refractivity contribution in [3.05, 3.63) is 0 Å². The van der Waals surface area contributed by atoms with Gasteiger partial charge < -0.3 is 20.3 Å². The molecular formula is C19H34N4O2. The predicted molar refractivity (Wildman–Crippen MR) is 99.7 cm³/mol. The fraction of sp³-hybridized carbons (Fsp3) is 0.895. The van der Waals surface area contributed by atoms with Crippen molar-refractivity contribution in [1.29, 1.82) is 0 Å². The number of alkyl carbamates (subject to hydrolysis) is 1. The Morgan fingerprint density at radius 1 is 1.28 bits per heavy atom. The van der Waals surface area contributed by atoms with Crippen LogP contribution in [0.15, 0.2) is 4.99 Å². The number of guanidine groups is 1. The van der Waals surface area contributed by atoms with E-state index < -0.39 is 5.60 Å². The lowest BCUT2D eigenvalue weighted by Gasteiger charge is -2.43. The van der Waals surface area contributed by atoms with Gasteiger partial charge in [0, 0.05) is 26.7 Å². The van der Waals surface area contributed by atoms with Crippen LogP contribution in [-0.2, 0) is 4.74 Å². The summed E-state index contributed by atoms with van der Waals surface area (Å²) in [4.78, 5) is 18.7. The number of amides is 1. The number of nitrogens with one attached hydrogen (secondary N) is 2. The largest absolute Gasteiger partial charge is 0.444 e. The molecule has 1 heterocycles. The molecule has 0 spiro atoms. The van der Waals surface area contributed by atoms with Gasteiger partial charge in [0.25, 0.3) is 0 Å². The van der Waals surface area contributed by atoms with Crippen LogP contribution in [0.1, 0.15) is 59.3 Å². The molecule has 142 valence electrons. The SMILES string of the molecule is CN=C(NCC1(C2CC2)CCC1)N1CC[C@@H](NC(=O)OC(C)(C)C)C1. The molecule has 0 aromatic heterocycles. The van der Waals surface area contributed by atoms with Crippen molar-refractivity contribution in [3.63, 3.8) is 0 Å². The van der Waals surface area contributed by atoms with Crippen LogP contribution in [-0.4, -0.2) is 55.3 Å². The van der Waals surface area contributed by atoms with Crippen molar-refractivity contribution in [2.75, 3.05) is 26.7 Å². The van der Waals surface area contributed by atoms with Crippen molar-refractivity contribution < 1.29 is 9.53 Å². The van der Waals surface area contributed by atoms with Gasteiger partial charge in [-0.15, -0.1) is 0 Å². The molecule has 0 aromatic rings. The van der Waals surface area contributed by atoms with E-state index in [4.69, 9.17) is 4.74 Å². The zero-order valence-electron chi connectivity index (χ0n) is 16.2. The molecule has 3 fully saturated rings. The summed E-state index contributed by atoms with van der Waals surface area (Å²) in [6, 6.07) is 0.120. The lowest BCUT2D eigenvalue weighted by atomic mass is 9.65. The molecule has 0 radical (unpaired) electrons. The smallest absolute Gasteiger partial charge is 0.407 e. The van der Waals surface area contributed by atoms with Crippen LogP contribution >= 0.6 is 0 Å². The molecule has 25 heavy (non-hydrogen) atoms. The number of aliphatic imine (C=N–C) groups is 1. The van der Waals surface area contributed by atoms with Crippen LogP contribution in [0.5, 0.6) is 0 Å². The summed E-state index contributed by atoms with van der Waals surface area (Å²) in [5.74, 6) is 1.91. The molecule has 1 amide bonds. The van der Waals surface area contributed by atoms with Gasteiger partial charge in [0.2, 0.25) is 0 Å². The van der Waals surface area contributed by atoms with Gasteiger partial charge in [-0.25, -0.2) is 4.79 Å². The van der Waals surface area contributed by atoms with Crippen LogP contribution in [0.4, 0.5) is 4.79 Å². The van der Waals surface area contributed by atoms with Crippen LogP contribution in [0.2, 0.25) is 0 Å². The Morgan fingerprint density at radius 2 is 2.00 bits per heavy atom. The highest BCUT2D eigenvalue weighted by Gasteiger charge is 2.49. The summed E-state index contributed by atoms with van der Waals surface area (Å²) in [7, 11) is 1.85. The number of ether oxygens (including phenoxy) is 1. The van der Waals surface area contributed by atoms with Crippen molar-refractivity contribution in [2.45, 2.75) is 70.9 Å². The quantitative estimate of drug-likeness (QED) is 0.604.